The van der Waals surface area contributed by atoms with Crippen molar-refractivity contribution in [2.24, 2.45) is 11.8 Å². The molecular weight excluding hydrogens is 196 g/mol. The minimum absolute atomic E-state index is 0.0999. The van der Waals surface area contributed by atoms with Crippen LogP contribution in [0.15, 0.2) is 10.8 Å². The molecule has 1 aromatic rings. The van der Waals surface area contributed by atoms with Crippen LogP contribution in [0, 0.1) is 11.8 Å². The van der Waals surface area contributed by atoms with Crippen molar-refractivity contribution in [3.8, 4) is 0 Å². The number of nitrogens with one attached hydrogen (secondary N) is 1. The molecule has 0 aliphatic carbocycles. The largest absolute Gasteiger partial charge is 0.420 e. The molecule has 0 aromatic carbocycles. The number of likely N-dealkylation sites (tertiary alicyclic amines) is 1. The van der Waals surface area contributed by atoms with E-state index in [4.69, 9.17) is 4.42 Å². The number of nitrogens with zero attached hydrogens (tertiary/aromatic N) is 3. The first kappa shape index (κ1) is 8.84. The Morgan fingerprint density at radius 1 is 1.47 bits per heavy atom. The molecule has 2 aliphatic heterocycles. The Hall–Kier alpha value is -1.43. The molecule has 3 rings (SSSR count). The van der Waals surface area contributed by atoms with Crippen molar-refractivity contribution in [2.75, 3.05) is 26.2 Å². The fraction of sp³-hybridized carbons (Fsp3) is 0.667. The Kier molecular flexibility index (Phi) is 1.95. The van der Waals surface area contributed by atoms with Gasteiger partial charge in [-0.2, -0.15) is 0 Å². The number of amides is 1. The van der Waals surface area contributed by atoms with Gasteiger partial charge < -0.3 is 14.6 Å². The average Bonchev–Trinajstić information content (AvgIpc) is 2.92. The van der Waals surface area contributed by atoms with Crippen molar-refractivity contribution < 1.29 is 9.21 Å². The van der Waals surface area contributed by atoms with Gasteiger partial charge in [0.2, 0.25) is 6.39 Å². The molecule has 0 saturated carbocycles. The summed E-state index contributed by atoms with van der Waals surface area (Å²) in [4.78, 5) is 13.7. The summed E-state index contributed by atoms with van der Waals surface area (Å²) in [5.74, 6) is 1.15. The van der Waals surface area contributed by atoms with E-state index in [-0.39, 0.29) is 11.8 Å². The molecule has 0 bridgehead atoms. The van der Waals surface area contributed by atoms with E-state index in [2.05, 4.69) is 15.5 Å². The van der Waals surface area contributed by atoms with Gasteiger partial charge in [0, 0.05) is 26.2 Å². The van der Waals surface area contributed by atoms with Crippen molar-refractivity contribution in [2.45, 2.75) is 0 Å². The van der Waals surface area contributed by atoms with Gasteiger partial charge in [-0.3, -0.25) is 4.79 Å². The number of hydrogen-bond donors (Lipinski definition) is 1. The molecule has 1 N–H and O–H groups in total. The molecule has 2 atom stereocenters. The van der Waals surface area contributed by atoms with Gasteiger partial charge in [-0.1, -0.05) is 0 Å². The van der Waals surface area contributed by atoms with Crippen molar-refractivity contribution in [1.82, 2.24) is 20.4 Å². The van der Waals surface area contributed by atoms with Crippen LogP contribution in [0.2, 0.25) is 0 Å². The first-order valence-electron chi connectivity index (χ1n) is 5.11. The second-order valence-corrected chi connectivity index (χ2v) is 4.13. The van der Waals surface area contributed by atoms with Crippen LogP contribution in [0.3, 0.4) is 0 Å². The highest BCUT2D eigenvalue weighted by atomic mass is 16.4. The van der Waals surface area contributed by atoms with Crippen LogP contribution >= 0.6 is 0 Å². The topological polar surface area (TPSA) is 71.3 Å². The molecule has 3 heterocycles. The molecule has 2 unspecified atom stereocenters. The smallest absolute Gasteiger partial charge is 0.311 e. The molecule has 15 heavy (non-hydrogen) atoms. The third-order valence-corrected chi connectivity index (χ3v) is 3.22. The molecular formula is C9H12N4O2. The molecule has 80 valence electrons. The fourth-order valence-electron chi connectivity index (χ4n) is 2.42. The Bertz CT molecular complexity index is 352. The molecule has 2 saturated heterocycles. The predicted molar refractivity (Wildman–Crippen MR) is 50.1 cm³/mol. The lowest BCUT2D eigenvalue weighted by atomic mass is 10.0. The molecule has 0 radical (unpaired) electrons. The van der Waals surface area contributed by atoms with E-state index in [1.165, 1.54) is 6.39 Å². The summed E-state index contributed by atoms with van der Waals surface area (Å²) < 4.78 is 4.90. The maximum Gasteiger partial charge on any atom is 0.311 e. The molecule has 1 amide bonds. The molecule has 6 heteroatoms. The highest BCUT2D eigenvalue weighted by molar-refractivity contribution is 5.89. The minimum Gasteiger partial charge on any atom is -0.420 e. The zero-order valence-electron chi connectivity index (χ0n) is 8.22. The van der Waals surface area contributed by atoms with Gasteiger partial charge in [0.1, 0.15) is 0 Å². The third-order valence-electron chi connectivity index (χ3n) is 3.22. The number of fused-ring (bicyclic) bond motifs is 1. The van der Waals surface area contributed by atoms with Gasteiger partial charge >= 0.3 is 11.8 Å². The minimum atomic E-state index is -0.137. The number of hydrogen-bond acceptors (Lipinski definition) is 5. The van der Waals surface area contributed by atoms with Gasteiger partial charge in [0.15, 0.2) is 0 Å². The molecule has 6 nitrogen and oxygen atoms in total. The molecule has 0 spiro atoms. The van der Waals surface area contributed by atoms with E-state index < -0.39 is 0 Å². The summed E-state index contributed by atoms with van der Waals surface area (Å²) in [5, 5.41) is 10.5. The van der Waals surface area contributed by atoms with E-state index in [1.807, 2.05) is 4.90 Å². The predicted octanol–water partition coefficient (Wildman–Crippen LogP) is -0.639. The normalized spacial score (nSPS) is 29.5. The van der Waals surface area contributed by atoms with Gasteiger partial charge in [-0.25, -0.2) is 0 Å². The average molecular weight is 208 g/mol. The lowest BCUT2D eigenvalue weighted by molar-refractivity contribution is 0.0742. The summed E-state index contributed by atoms with van der Waals surface area (Å²) in [5.41, 5.74) is 0. The standard InChI is InChI=1S/C9H12N4O2/c14-9(8-12-11-5-15-8)13-3-6-1-10-2-7(6)4-13/h5-7,10H,1-4H2. The second-order valence-electron chi connectivity index (χ2n) is 4.13. The van der Waals surface area contributed by atoms with Crippen LogP contribution in [0.5, 0.6) is 0 Å². The lowest BCUT2D eigenvalue weighted by Gasteiger charge is -2.14. The first-order chi connectivity index (χ1) is 7.34. The Morgan fingerprint density at radius 3 is 2.80 bits per heavy atom. The molecule has 2 aliphatic rings. The number of carbonyl (C=O) groups excluding carboxylic acids is 1. The Balaban J connectivity index is 1.72. The summed E-state index contributed by atoms with van der Waals surface area (Å²) in [6.07, 6.45) is 1.19. The van der Waals surface area contributed by atoms with E-state index in [0.717, 1.165) is 26.2 Å². The number of rotatable bonds is 1. The van der Waals surface area contributed by atoms with Crippen LogP contribution in [0.4, 0.5) is 0 Å². The maximum absolute atomic E-state index is 11.8. The van der Waals surface area contributed by atoms with Gasteiger partial charge in [0.25, 0.3) is 0 Å². The highest BCUT2D eigenvalue weighted by Crippen LogP contribution is 2.26. The first-order valence-corrected chi connectivity index (χ1v) is 5.11. The lowest BCUT2D eigenvalue weighted by Crippen LogP contribution is -2.32. The van der Waals surface area contributed by atoms with Crippen LogP contribution in [0.25, 0.3) is 0 Å². The van der Waals surface area contributed by atoms with Gasteiger partial charge in [-0.15, -0.1) is 10.2 Å². The van der Waals surface area contributed by atoms with Gasteiger partial charge in [0.05, 0.1) is 0 Å². The number of aromatic nitrogens is 2. The van der Waals surface area contributed by atoms with Crippen molar-refractivity contribution in [3.63, 3.8) is 0 Å². The van der Waals surface area contributed by atoms with Crippen molar-refractivity contribution in [1.29, 1.82) is 0 Å². The van der Waals surface area contributed by atoms with Crippen LogP contribution in [0.1, 0.15) is 10.7 Å². The quantitative estimate of drug-likeness (QED) is 0.664. The fourth-order valence-corrected chi connectivity index (χ4v) is 2.42. The van der Waals surface area contributed by atoms with Crippen LogP contribution < -0.4 is 5.32 Å². The summed E-state index contributed by atoms with van der Waals surface area (Å²) >= 11 is 0. The summed E-state index contributed by atoms with van der Waals surface area (Å²) in [7, 11) is 0. The van der Waals surface area contributed by atoms with Gasteiger partial charge in [-0.05, 0) is 11.8 Å². The SMILES string of the molecule is O=C(c1nnco1)N1CC2CNCC2C1. The number of carbonyl (C=O) groups is 1. The van der Waals surface area contributed by atoms with Crippen LogP contribution in [-0.4, -0.2) is 47.2 Å². The van der Waals surface area contributed by atoms with Crippen LogP contribution in [-0.2, 0) is 0 Å². The Labute approximate surface area is 86.6 Å². The maximum atomic E-state index is 11.8. The van der Waals surface area contributed by atoms with Crippen molar-refractivity contribution >= 4 is 5.91 Å². The monoisotopic (exact) mass is 208 g/mol. The zero-order chi connectivity index (χ0) is 10.3. The van der Waals surface area contributed by atoms with E-state index >= 15 is 0 Å². The summed E-state index contributed by atoms with van der Waals surface area (Å²) in [6, 6.07) is 0. The second kappa shape index (κ2) is 3.30. The highest BCUT2D eigenvalue weighted by Gasteiger charge is 2.39. The third kappa shape index (κ3) is 1.41. The summed E-state index contributed by atoms with van der Waals surface area (Å²) in [6.45, 7) is 3.63. The molecule has 2 fully saturated rings. The van der Waals surface area contributed by atoms with E-state index in [0.29, 0.717) is 11.8 Å². The van der Waals surface area contributed by atoms with E-state index in [1.54, 1.807) is 0 Å². The Morgan fingerprint density at radius 2 is 2.20 bits per heavy atom. The van der Waals surface area contributed by atoms with E-state index in [9.17, 15) is 4.79 Å². The zero-order valence-corrected chi connectivity index (χ0v) is 8.22. The molecule has 1 aromatic heterocycles. The van der Waals surface area contributed by atoms with Crippen molar-refractivity contribution in [3.05, 3.63) is 12.3 Å².